The van der Waals surface area contributed by atoms with Crippen LogP contribution in [0.5, 0.6) is 0 Å². The first-order valence-corrected chi connectivity index (χ1v) is 11.7. The van der Waals surface area contributed by atoms with Crippen molar-refractivity contribution < 1.29 is 13.2 Å². The molecule has 1 amide bonds. The Balaban J connectivity index is 1.80. The average molecular weight is 434 g/mol. The standard InChI is InChI=1S/C21H31N5O3S/c1-16(2)18-8-5-7-17(11-18)12-21(27)23-30(28,29)26(20-13-22-25(4)15-20)19-9-6-10-24(3)14-19/h5,7-8,11,13,15-16,19H,6,9-10,12,14H2,1-4H3,(H,23,27). The van der Waals surface area contributed by atoms with E-state index in [1.165, 1.54) is 10.5 Å². The zero-order valence-electron chi connectivity index (χ0n) is 18.1. The lowest BCUT2D eigenvalue weighted by Gasteiger charge is -2.37. The van der Waals surface area contributed by atoms with Gasteiger partial charge in [0, 0.05) is 19.8 Å². The highest BCUT2D eigenvalue weighted by Gasteiger charge is 2.34. The number of aryl methyl sites for hydroxylation is 1. The quantitative estimate of drug-likeness (QED) is 0.722. The Kier molecular flexibility index (Phi) is 6.82. The lowest BCUT2D eigenvalue weighted by atomic mass is 10.00. The van der Waals surface area contributed by atoms with Crippen molar-refractivity contribution in [1.82, 2.24) is 19.4 Å². The van der Waals surface area contributed by atoms with Gasteiger partial charge in [0.1, 0.15) is 0 Å². The van der Waals surface area contributed by atoms with Crippen molar-refractivity contribution in [3.63, 3.8) is 0 Å². The Morgan fingerprint density at radius 1 is 1.33 bits per heavy atom. The molecule has 9 heteroatoms. The molecule has 0 radical (unpaired) electrons. The highest BCUT2D eigenvalue weighted by atomic mass is 32.2. The molecule has 0 saturated carbocycles. The van der Waals surface area contributed by atoms with E-state index < -0.39 is 16.1 Å². The van der Waals surface area contributed by atoms with Crippen LogP contribution in [0.15, 0.2) is 36.7 Å². The molecule has 30 heavy (non-hydrogen) atoms. The molecule has 0 bridgehead atoms. The molecular formula is C21H31N5O3S. The van der Waals surface area contributed by atoms with Gasteiger partial charge in [-0.3, -0.25) is 9.48 Å². The number of carbonyl (C=O) groups excluding carboxylic acids is 1. The summed E-state index contributed by atoms with van der Waals surface area (Å²) in [7, 11) is -0.367. The summed E-state index contributed by atoms with van der Waals surface area (Å²) < 4.78 is 31.7. The van der Waals surface area contributed by atoms with Gasteiger partial charge in [-0.1, -0.05) is 38.1 Å². The second-order valence-electron chi connectivity index (χ2n) is 8.33. The number of amides is 1. The van der Waals surface area contributed by atoms with Crippen LogP contribution in [0, 0.1) is 0 Å². The van der Waals surface area contributed by atoms with Gasteiger partial charge in [0.15, 0.2) is 0 Å². The van der Waals surface area contributed by atoms with Gasteiger partial charge in [-0.25, -0.2) is 9.03 Å². The number of rotatable bonds is 7. The molecule has 1 aromatic heterocycles. The molecule has 1 saturated heterocycles. The molecule has 164 valence electrons. The number of hydrogen-bond donors (Lipinski definition) is 1. The van der Waals surface area contributed by atoms with Gasteiger partial charge in [-0.15, -0.1) is 0 Å². The fourth-order valence-corrected chi connectivity index (χ4v) is 5.27. The van der Waals surface area contributed by atoms with Crippen molar-refractivity contribution in [2.45, 2.75) is 45.1 Å². The predicted octanol–water partition coefficient (Wildman–Crippen LogP) is 2.05. The number of piperidine rings is 1. The van der Waals surface area contributed by atoms with Crippen LogP contribution in [-0.4, -0.2) is 55.2 Å². The van der Waals surface area contributed by atoms with Crippen LogP contribution >= 0.6 is 0 Å². The van der Waals surface area contributed by atoms with E-state index in [1.807, 2.05) is 31.3 Å². The number of nitrogens with zero attached hydrogens (tertiary/aromatic N) is 4. The SMILES string of the molecule is CC(C)c1cccc(CC(=O)NS(=O)(=O)N(c2cnn(C)c2)C2CCCN(C)C2)c1. The summed E-state index contributed by atoms with van der Waals surface area (Å²) in [5.41, 5.74) is 2.37. The van der Waals surface area contributed by atoms with Crippen molar-refractivity contribution in [1.29, 1.82) is 0 Å². The largest absolute Gasteiger partial charge is 0.326 e. The van der Waals surface area contributed by atoms with Crippen molar-refractivity contribution in [2.75, 3.05) is 24.4 Å². The Morgan fingerprint density at radius 2 is 2.10 bits per heavy atom. The molecule has 8 nitrogen and oxygen atoms in total. The van der Waals surface area contributed by atoms with Gasteiger partial charge in [0.25, 0.3) is 0 Å². The molecule has 1 aromatic carbocycles. The summed E-state index contributed by atoms with van der Waals surface area (Å²) in [5, 5.41) is 4.12. The van der Waals surface area contributed by atoms with Crippen molar-refractivity contribution >= 4 is 21.8 Å². The normalized spacial score (nSPS) is 17.8. The van der Waals surface area contributed by atoms with Crippen LogP contribution in [0.4, 0.5) is 5.69 Å². The van der Waals surface area contributed by atoms with E-state index in [1.54, 1.807) is 17.9 Å². The third-order valence-corrected chi connectivity index (χ3v) is 6.87. The second-order valence-corrected chi connectivity index (χ2v) is 9.88. The topological polar surface area (TPSA) is 87.5 Å². The number of hydrogen-bond acceptors (Lipinski definition) is 5. The number of anilines is 1. The monoisotopic (exact) mass is 433 g/mol. The van der Waals surface area contributed by atoms with Gasteiger partial charge < -0.3 is 4.90 Å². The highest BCUT2D eigenvalue weighted by Crippen LogP contribution is 2.25. The van der Waals surface area contributed by atoms with Gasteiger partial charge in [-0.2, -0.15) is 13.5 Å². The molecule has 2 aromatic rings. The minimum atomic E-state index is -4.08. The number of nitrogens with one attached hydrogen (secondary N) is 1. The van der Waals surface area contributed by atoms with E-state index >= 15 is 0 Å². The lowest BCUT2D eigenvalue weighted by molar-refractivity contribution is -0.118. The summed E-state index contributed by atoms with van der Waals surface area (Å²) in [6.07, 6.45) is 4.80. The molecule has 0 spiro atoms. The fourth-order valence-electron chi connectivity index (χ4n) is 3.88. The average Bonchev–Trinajstić information content (AvgIpc) is 3.06. The van der Waals surface area contributed by atoms with Crippen LogP contribution in [0.2, 0.25) is 0 Å². The first-order valence-electron chi connectivity index (χ1n) is 10.3. The van der Waals surface area contributed by atoms with E-state index in [4.69, 9.17) is 0 Å². The van der Waals surface area contributed by atoms with Crippen LogP contribution in [0.1, 0.15) is 43.7 Å². The van der Waals surface area contributed by atoms with Gasteiger partial charge in [0.2, 0.25) is 5.91 Å². The molecular weight excluding hydrogens is 402 g/mol. The number of benzene rings is 1. The van der Waals surface area contributed by atoms with Crippen molar-refractivity contribution in [3.05, 3.63) is 47.8 Å². The first-order chi connectivity index (χ1) is 14.2. The summed E-state index contributed by atoms with van der Waals surface area (Å²) in [6, 6.07) is 7.43. The number of aromatic nitrogens is 2. The maximum absolute atomic E-state index is 13.3. The molecule has 0 aliphatic carbocycles. The minimum absolute atomic E-state index is 0.00520. The van der Waals surface area contributed by atoms with Crippen molar-refractivity contribution in [2.24, 2.45) is 7.05 Å². The molecule has 1 fully saturated rings. The number of carbonyl (C=O) groups is 1. The van der Waals surface area contributed by atoms with Gasteiger partial charge >= 0.3 is 10.2 Å². The molecule has 1 N–H and O–H groups in total. The van der Waals surface area contributed by atoms with Gasteiger partial charge in [-0.05, 0) is 43.5 Å². The first kappa shape index (κ1) is 22.3. The summed E-state index contributed by atoms with van der Waals surface area (Å²) in [4.78, 5) is 14.8. The fraction of sp³-hybridized carbons (Fsp3) is 0.524. The Morgan fingerprint density at radius 3 is 2.73 bits per heavy atom. The Labute approximate surface area is 179 Å². The van der Waals surface area contributed by atoms with Crippen LogP contribution in [0.3, 0.4) is 0 Å². The molecule has 3 rings (SSSR count). The summed E-state index contributed by atoms with van der Waals surface area (Å²) in [5.74, 6) is -0.213. The minimum Gasteiger partial charge on any atom is -0.304 e. The maximum Gasteiger partial charge on any atom is 0.326 e. The summed E-state index contributed by atoms with van der Waals surface area (Å²) >= 11 is 0. The van der Waals surface area contributed by atoms with E-state index in [-0.39, 0.29) is 12.5 Å². The maximum atomic E-state index is 13.3. The van der Waals surface area contributed by atoms with Crippen LogP contribution < -0.4 is 9.03 Å². The number of likely N-dealkylation sites (tertiary alicyclic amines) is 1. The van der Waals surface area contributed by atoms with Crippen molar-refractivity contribution in [3.8, 4) is 0 Å². The Hall–Kier alpha value is -2.39. The van der Waals surface area contributed by atoms with Crippen LogP contribution in [-0.2, 0) is 28.5 Å². The third kappa shape index (κ3) is 5.40. The zero-order valence-corrected chi connectivity index (χ0v) is 18.9. The van der Waals surface area contributed by atoms with E-state index in [2.05, 4.69) is 28.6 Å². The molecule has 1 unspecified atom stereocenters. The highest BCUT2D eigenvalue weighted by molar-refractivity contribution is 7.91. The Bertz CT molecular complexity index is 986. The molecule has 2 heterocycles. The van der Waals surface area contributed by atoms with Crippen LogP contribution in [0.25, 0.3) is 0 Å². The molecule has 1 aliphatic rings. The summed E-state index contributed by atoms with van der Waals surface area (Å²) in [6.45, 7) is 5.68. The molecule has 1 aliphatic heterocycles. The van der Waals surface area contributed by atoms with Gasteiger partial charge in [0.05, 0.1) is 24.3 Å². The smallest absolute Gasteiger partial charge is 0.304 e. The third-order valence-electron chi connectivity index (χ3n) is 5.36. The zero-order chi connectivity index (χ0) is 21.9. The molecule has 1 atom stereocenters. The van der Waals surface area contributed by atoms with E-state index in [9.17, 15) is 13.2 Å². The number of likely N-dealkylation sites (N-methyl/N-ethyl adjacent to an activating group) is 1. The predicted molar refractivity (Wildman–Crippen MR) is 118 cm³/mol. The van der Waals surface area contributed by atoms with E-state index in [0.29, 0.717) is 18.2 Å². The second kappa shape index (κ2) is 9.18. The van der Waals surface area contributed by atoms with E-state index in [0.717, 1.165) is 30.5 Å². The lowest BCUT2D eigenvalue weighted by Crippen LogP contribution is -2.54.